The average Bonchev–Trinajstić information content (AvgIpc) is 4.35. The number of nitrogens with zero attached hydrogens (tertiary/aromatic N) is 2. The first-order chi connectivity index (χ1) is 39.5. The molecule has 0 unspecified atom stereocenters. The summed E-state index contributed by atoms with van der Waals surface area (Å²) in [6.45, 7) is 4.57. The lowest BCUT2D eigenvalue weighted by Gasteiger charge is -2.30. The number of fused-ring (bicyclic) bond motifs is 12. The predicted octanol–water partition coefficient (Wildman–Crippen LogP) is 23.7. The molecule has 378 valence electrons. The zero-order valence-electron chi connectivity index (χ0n) is 43.8. The molecule has 2 nitrogen and oxygen atoms in total. The lowest BCUT2D eigenvalue weighted by atomic mass is 9.96. The molecule has 0 bridgehead atoms. The molecule has 0 radical (unpaired) electrons. The van der Waals surface area contributed by atoms with Crippen LogP contribution < -0.4 is 9.80 Å². The first-order valence-corrected chi connectivity index (χ1v) is 30.4. The minimum absolute atomic E-state index is 1.15. The molecule has 4 heterocycles. The molecule has 0 atom stereocenters. The second kappa shape index (κ2) is 18.9. The fraction of sp³-hybridized carbons (Fsp3) is 0.0270. The van der Waals surface area contributed by atoms with Crippen molar-refractivity contribution in [1.82, 2.24) is 0 Å². The van der Waals surface area contributed by atoms with Crippen LogP contribution in [0.1, 0.15) is 11.1 Å². The van der Waals surface area contributed by atoms with Crippen molar-refractivity contribution in [2.24, 2.45) is 0 Å². The highest BCUT2D eigenvalue weighted by Crippen LogP contribution is 2.53. The monoisotopic (exact) mass is 1090 g/mol. The standard InChI is InChI=1S/C74H48N2S4/c1-45-43-47(39-41-61(45)75(65-33-17-29-59-53-23-7-13-37-69(53)79-73(59)65)63-31-9-3-19-49(63)55-25-15-27-57-51-21-5-11-35-67(51)77-71(55)57)48-40-42-62(46(2)44-48)76(66-34-18-30-60-54-24-8-14-38-70(54)80-74(60)66)64-32-10-4-20-50(64)56-26-16-28-58-52-22-6-12-36-68(52)78-72(56)58/h3-44H,1-2H3. The third-order valence-electron chi connectivity index (χ3n) is 16.1. The molecule has 0 saturated heterocycles. The van der Waals surface area contributed by atoms with Gasteiger partial charge in [0, 0.05) is 105 Å². The van der Waals surface area contributed by atoms with Crippen LogP contribution in [0.5, 0.6) is 0 Å². The molecule has 0 N–H and O–H groups in total. The summed E-state index contributed by atoms with van der Waals surface area (Å²) in [6.07, 6.45) is 0. The molecule has 0 fully saturated rings. The third-order valence-corrected chi connectivity index (χ3v) is 21.0. The van der Waals surface area contributed by atoms with Gasteiger partial charge in [-0.25, -0.2) is 0 Å². The molecule has 4 aromatic heterocycles. The summed E-state index contributed by atoms with van der Waals surface area (Å²) in [7, 11) is 0. The Morgan fingerprint density at radius 2 is 0.512 bits per heavy atom. The normalized spacial score (nSPS) is 11.9. The van der Waals surface area contributed by atoms with Gasteiger partial charge in [-0.15, -0.1) is 45.3 Å². The zero-order chi connectivity index (χ0) is 53.0. The van der Waals surface area contributed by atoms with Crippen LogP contribution in [-0.2, 0) is 0 Å². The van der Waals surface area contributed by atoms with E-state index in [1.54, 1.807) is 0 Å². The van der Waals surface area contributed by atoms with E-state index in [4.69, 9.17) is 0 Å². The number of para-hydroxylation sites is 2. The molecule has 16 aromatic rings. The number of benzene rings is 12. The molecule has 80 heavy (non-hydrogen) atoms. The van der Waals surface area contributed by atoms with E-state index in [1.807, 2.05) is 45.3 Å². The molecule has 12 aromatic carbocycles. The summed E-state index contributed by atoms with van der Waals surface area (Å²) in [5.41, 5.74) is 16.6. The second-order valence-electron chi connectivity index (χ2n) is 20.8. The van der Waals surface area contributed by atoms with Gasteiger partial charge in [0.05, 0.1) is 32.1 Å². The van der Waals surface area contributed by atoms with Crippen molar-refractivity contribution in [2.75, 3.05) is 9.80 Å². The molecular formula is C74H48N2S4. The van der Waals surface area contributed by atoms with Gasteiger partial charge in [0.2, 0.25) is 0 Å². The van der Waals surface area contributed by atoms with Gasteiger partial charge in [0.25, 0.3) is 0 Å². The van der Waals surface area contributed by atoms with Crippen LogP contribution in [0.3, 0.4) is 0 Å². The van der Waals surface area contributed by atoms with Gasteiger partial charge in [0.15, 0.2) is 0 Å². The van der Waals surface area contributed by atoms with Crippen LogP contribution in [0, 0.1) is 13.8 Å². The van der Waals surface area contributed by atoms with Crippen molar-refractivity contribution in [3.8, 4) is 33.4 Å². The van der Waals surface area contributed by atoms with Gasteiger partial charge < -0.3 is 9.80 Å². The zero-order valence-corrected chi connectivity index (χ0v) is 47.0. The van der Waals surface area contributed by atoms with E-state index in [1.165, 1.54) is 137 Å². The molecule has 0 amide bonds. The van der Waals surface area contributed by atoms with Gasteiger partial charge in [-0.1, -0.05) is 182 Å². The predicted molar refractivity (Wildman–Crippen MR) is 353 cm³/mol. The van der Waals surface area contributed by atoms with Crippen molar-refractivity contribution in [2.45, 2.75) is 13.8 Å². The Labute approximate surface area is 479 Å². The molecular weight excluding hydrogens is 1050 g/mol. The van der Waals surface area contributed by atoms with E-state index in [0.29, 0.717) is 0 Å². The highest BCUT2D eigenvalue weighted by atomic mass is 32.1. The third kappa shape index (κ3) is 7.48. The minimum atomic E-state index is 1.15. The fourth-order valence-corrected chi connectivity index (χ4v) is 17.4. The lowest BCUT2D eigenvalue weighted by molar-refractivity contribution is 1.26. The van der Waals surface area contributed by atoms with Crippen molar-refractivity contribution >= 4 is 160 Å². The first-order valence-electron chi connectivity index (χ1n) is 27.1. The molecule has 6 heteroatoms. The van der Waals surface area contributed by atoms with Crippen LogP contribution in [0.2, 0.25) is 0 Å². The highest BCUT2D eigenvalue weighted by molar-refractivity contribution is 7.27. The number of aryl methyl sites for hydroxylation is 2. The van der Waals surface area contributed by atoms with Crippen molar-refractivity contribution in [1.29, 1.82) is 0 Å². The maximum atomic E-state index is 2.54. The summed E-state index contributed by atoms with van der Waals surface area (Å²) < 4.78 is 10.4. The second-order valence-corrected chi connectivity index (χ2v) is 25.0. The molecule has 16 rings (SSSR count). The highest BCUT2D eigenvalue weighted by Gasteiger charge is 2.26. The SMILES string of the molecule is Cc1cc(-c2ccc(N(c3ccccc3-c3cccc4c3sc3ccccc34)c3cccc4c3sc3ccccc34)c(C)c2)ccc1N(c1ccccc1-c1cccc2c1sc1ccccc12)c1cccc2c1sc1ccccc12. The molecule has 0 saturated carbocycles. The maximum Gasteiger partial charge on any atom is 0.0640 e. The van der Waals surface area contributed by atoms with Crippen LogP contribution in [0.25, 0.3) is 114 Å². The maximum absolute atomic E-state index is 2.54. The largest absolute Gasteiger partial charge is 0.308 e. The van der Waals surface area contributed by atoms with Gasteiger partial charge in [-0.2, -0.15) is 0 Å². The fourth-order valence-electron chi connectivity index (χ4n) is 12.5. The van der Waals surface area contributed by atoms with E-state index >= 15 is 0 Å². The van der Waals surface area contributed by atoms with Crippen molar-refractivity contribution < 1.29 is 0 Å². The number of hydrogen-bond acceptors (Lipinski definition) is 6. The van der Waals surface area contributed by atoms with E-state index in [0.717, 1.165) is 22.7 Å². The molecule has 0 aliphatic carbocycles. The van der Waals surface area contributed by atoms with Crippen molar-refractivity contribution in [3.63, 3.8) is 0 Å². The van der Waals surface area contributed by atoms with E-state index in [-0.39, 0.29) is 0 Å². The molecule has 0 spiro atoms. The first kappa shape index (κ1) is 47.1. The van der Waals surface area contributed by atoms with Gasteiger partial charge >= 0.3 is 0 Å². The van der Waals surface area contributed by atoms with Gasteiger partial charge in [-0.3, -0.25) is 0 Å². The summed E-state index contributed by atoms with van der Waals surface area (Å²) >= 11 is 7.54. The summed E-state index contributed by atoms with van der Waals surface area (Å²) in [4.78, 5) is 5.08. The van der Waals surface area contributed by atoms with Crippen LogP contribution in [0.4, 0.5) is 34.1 Å². The van der Waals surface area contributed by atoms with Crippen molar-refractivity contribution in [3.05, 3.63) is 266 Å². The number of hydrogen-bond donors (Lipinski definition) is 0. The quantitative estimate of drug-likeness (QED) is 0.142. The smallest absolute Gasteiger partial charge is 0.0640 e. The Balaban J connectivity index is 0.855. The van der Waals surface area contributed by atoms with Gasteiger partial charge in [-0.05, 0) is 109 Å². The van der Waals surface area contributed by atoms with E-state index in [2.05, 4.69) is 278 Å². The van der Waals surface area contributed by atoms with E-state index < -0.39 is 0 Å². The molecule has 0 aliphatic rings. The Kier molecular flexibility index (Phi) is 11.1. The minimum Gasteiger partial charge on any atom is -0.308 e. The van der Waals surface area contributed by atoms with Crippen LogP contribution in [-0.4, -0.2) is 0 Å². The summed E-state index contributed by atoms with van der Waals surface area (Å²) in [5, 5.41) is 10.3. The van der Waals surface area contributed by atoms with E-state index in [9.17, 15) is 0 Å². The average molecular weight is 1090 g/mol. The molecule has 0 aliphatic heterocycles. The lowest BCUT2D eigenvalue weighted by Crippen LogP contribution is -2.13. The Hall–Kier alpha value is -8.88. The number of thiophene rings is 4. The number of anilines is 6. The Morgan fingerprint density at radius 1 is 0.225 bits per heavy atom. The topological polar surface area (TPSA) is 6.48 Å². The number of rotatable bonds is 9. The Bertz CT molecular complexity index is 4820. The summed E-state index contributed by atoms with van der Waals surface area (Å²) in [5.74, 6) is 0. The van der Waals surface area contributed by atoms with Crippen LogP contribution >= 0.6 is 45.3 Å². The van der Waals surface area contributed by atoms with Crippen LogP contribution in [0.15, 0.2) is 255 Å². The van der Waals surface area contributed by atoms with Gasteiger partial charge in [0.1, 0.15) is 0 Å². The Morgan fingerprint density at radius 3 is 0.900 bits per heavy atom. The summed E-state index contributed by atoms with van der Waals surface area (Å²) in [6, 6.07) is 94.8.